The molecule has 0 unspecified atom stereocenters. The third kappa shape index (κ3) is 3.38. The monoisotopic (exact) mass is 334 g/mol. The molecule has 0 atom stereocenters. The molecular weight excluding hydrogens is 324 g/mol. The maximum Gasteiger partial charge on any atom is 0.356 e. The lowest BCUT2D eigenvalue weighted by Crippen LogP contribution is -2.13. The van der Waals surface area contributed by atoms with E-state index in [0.29, 0.717) is 0 Å². The second-order valence-corrected chi connectivity index (χ2v) is 4.71. The van der Waals surface area contributed by atoms with E-state index in [9.17, 15) is 19.2 Å². The minimum atomic E-state index is -1.43. The zero-order chi connectivity index (χ0) is 18.0. The van der Waals surface area contributed by atoms with Gasteiger partial charge in [-0.2, -0.15) is 5.10 Å². The number of carboxylic acids is 4. The van der Waals surface area contributed by atoms with Crippen LogP contribution in [0.15, 0.2) is 24.3 Å². The summed E-state index contributed by atoms with van der Waals surface area (Å²) in [5.41, 5.74) is -1.38. The molecule has 10 nitrogen and oxygen atoms in total. The predicted octanol–water partition coefficient (Wildman–Crippen LogP) is 0.724. The van der Waals surface area contributed by atoms with Crippen molar-refractivity contribution in [3.05, 3.63) is 52.3 Å². The van der Waals surface area contributed by atoms with Gasteiger partial charge in [0.2, 0.25) is 0 Å². The molecule has 1 aromatic heterocycles. The molecule has 0 saturated heterocycles. The van der Waals surface area contributed by atoms with Gasteiger partial charge < -0.3 is 20.4 Å². The predicted molar refractivity (Wildman–Crippen MR) is 75.6 cm³/mol. The van der Waals surface area contributed by atoms with Crippen LogP contribution in [-0.2, 0) is 6.54 Å². The largest absolute Gasteiger partial charge is 0.478 e. The van der Waals surface area contributed by atoms with Gasteiger partial charge in [-0.25, -0.2) is 19.2 Å². The average Bonchev–Trinajstić information content (AvgIpc) is 2.91. The first-order chi connectivity index (χ1) is 11.2. The van der Waals surface area contributed by atoms with Gasteiger partial charge in [0, 0.05) is 6.07 Å². The lowest BCUT2D eigenvalue weighted by molar-refractivity contribution is 0.0672. The summed E-state index contributed by atoms with van der Waals surface area (Å²) in [7, 11) is 0. The van der Waals surface area contributed by atoms with Gasteiger partial charge in [-0.05, 0) is 23.8 Å². The number of aromatic nitrogens is 2. The normalized spacial score (nSPS) is 10.3. The first kappa shape index (κ1) is 16.7. The summed E-state index contributed by atoms with van der Waals surface area (Å²) in [6.07, 6.45) is 0. The maximum absolute atomic E-state index is 11.2. The van der Waals surface area contributed by atoms with Crippen molar-refractivity contribution in [3.8, 4) is 0 Å². The van der Waals surface area contributed by atoms with E-state index in [1.807, 2.05) is 0 Å². The Bertz CT molecular complexity index is 835. The molecule has 4 N–H and O–H groups in total. The fraction of sp³-hybridized carbons (Fsp3) is 0.0714. The molecule has 0 aliphatic rings. The number of carbonyl (C=O) groups is 4. The molecule has 0 saturated carbocycles. The first-order valence-electron chi connectivity index (χ1n) is 6.34. The van der Waals surface area contributed by atoms with Crippen molar-refractivity contribution in [1.82, 2.24) is 9.78 Å². The molecule has 124 valence electrons. The molecule has 0 radical (unpaired) electrons. The summed E-state index contributed by atoms with van der Waals surface area (Å²) in [5, 5.41) is 39.6. The molecule has 0 aliphatic heterocycles. The van der Waals surface area contributed by atoms with Gasteiger partial charge in [-0.3, -0.25) is 4.68 Å². The van der Waals surface area contributed by atoms with E-state index in [0.717, 1.165) is 28.9 Å². The van der Waals surface area contributed by atoms with Crippen LogP contribution in [0.3, 0.4) is 0 Å². The number of benzene rings is 1. The number of hydrogen-bond donors (Lipinski definition) is 4. The van der Waals surface area contributed by atoms with Crippen molar-refractivity contribution in [2.24, 2.45) is 0 Å². The van der Waals surface area contributed by atoms with E-state index < -0.39 is 35.3 Å². The second-order valence-electron chi connectivity index (χ2n) is 4.71. The van der Waals surface area contributed by atoms with Gasteiger partial charge >= 0.3 is 23.9 Å². The second kappa shape index (κ2) is 6.20. The Labute approximate surface area is 133 Å². The van der Waals surface area contributed by atoms with E-state index in [-0.39, 0.29) is 23.2 Å². The minimum absolute atomic E-state index is 0.148. The fourth-order valence-electron chi connectivity index (χ4n) is 2.02. The van der Waals surface area contributed by atoms with Crippen LogP contribution in [0.1, 0.15) is 47.3 Å². The lowest BCUT2D eigenvalue weighted by Gasteiger charge is -2.07. The Balaban J connectivity index is 2.51. The topological polar surface area (TPSA) is 167 Å². The summed E-state index contributed by atoms with van der Waals surface area (Å²) in [6, 6.07) is 4.12. The van der Waals surface area contributed by atoms with Crippen molar-refractivity contribution in [3.63, 3.8) is 0 Å². The van der Waals surface area contributed by atoms with Crippen molar-refractivity contribution >= 4 is 23.9 Å². The van der Waals surface area contributed by atoms with Gasteiger partial charge in [0.05, 0.1) is 17.7 Å². The van der Waals surface area contributed by atoms with Gasteiger partial charge in [-0.15, -0.1) is 0 Å². The van der Waals surface area contributed by atoms with Crippen LogP contribution in [0.2, 0.25) is 0 Å². The summed E-state index contributed by atoms with van der Waals surface area (Å²) >= 11 is 0. The molecule has 0 aliphatic carbocycles. The Morgan fingerprint density at radius 1 is 0.792 bits per heavy atom. The molecule has 24 heavy (non-hydrogen) atoms. The van der Waals surface area contributed by atoms with Crippen LogP contribution in [0, 0.1) is 0 Å². The molecule has 0 spiro atoms. The summed E-state index contributed by atoms with van der Waals surface area (Å²) in [6.45, 7) is -0.309. The summed E-state index contributed by atoms with van der Waals surface area (Å²) in [4.78, 5) is 44.2. The average molecular weight is 334 g/mol. The van der Waals surface area contributed by atoms with Crippen LogP contribution in [0.4, 0.5) is 0 Å². The lowest BCUT2D eigenvalue weighted by atomic mass is 10.1. The van der Waals surface area contributed by atoms with Crippen LogP contribution in [0.5, 0.6) is 0 Å². The van der Waals surface area contributed by atoms with Crippen molar-refractivity contribution in [2.45, 2.75) is 6.54 Å². The summed E-state index contributed by atoms with van der Waals surface area (Å²) in [5.74, 6) is -5.57. The van der Waals surface area contributed by atoms with E-state index in [2.05, 4.69) is 5.10 Å². The van der Waals surface area contributed by atoms with Crippen molar-refractivity contribution in [2.75, 3.05) is 0 Å². The van der Waals surface area contributed by atoms with Crippen LogP contribution in [0.25, 0.3) is 0 Å². The smallest absolute Gasteiger partial charge is 0.356 e. The number of rotatable bonds is 6. The maximum atomic E-state index is 11.2. The van der Waals surface area contributed by atoms with E-state index in [1.165, 1.54) is 0 Å². The van der Waals surface area contributed by atoms with Gasteiger partial charge in [0.25, 0.3) is 0 Å². The minimum Gasteiger partial charge on any atom is -0.478 e. The number of carboxylic acid groups (broad SMARTS) is 4. The Kier molecular flexibility index (Phi) is 4.31. The Hall–Kier alpha value is -3.69. The molecule has 2 rings (SSSR count). The molecule has 2 aromatic rings. The van der Waals surface area contributed by atoms with Crippen LogP contribution >= 0.6 is 0 Å². The molecule has 10 heteroatoms. The first-order valence-corrected chi connectivity index (χ1v) is 6.34. The van der Waals surface area contributed by atoms with Gasteiger partial charge in [0.1, 0.15) is 5.69 Å². The zero-order valence-corrected chi connectivity index (χ0v) is 11.8. The van der Waals surface area contributed by atoms with Gasteiger partial charge in [0.15, 0.2) is 5.69 Å². The Morgan fingerprint density at radius 2 is 1.33 bits per heavy atom. The molecule has 0 fully saturated rings. The molecule has 0 bridgehead atoms. The van der Waals surface area contributed by atoms with E-state index in [4.69, 9.17) is 20.4 Å². The van der Waals surface area contributed by atoms with E-state index >= 15 is 0 Å². The van der Waals surface area contributed by atoms with Crippen molar-refractivity contribution in [1.29, 1.82) is 0 Å². The Morgan fingerprint density at radius 3 is 1.75 bits per heavy atom. The summed E-state index contributed by atoms with van der Waals surface area (Å²) < 4.78 is 0.846. The molecule has 1 heterocycles. The van der Waals surface area contributed by atoms with Crippen molar-refractivity contribution < 1.29 is 39.6 Å². The third-order valence-electron chi connectivity index (χ3n) is 3.04. The highest BCUT2D eigenvalue weighted by Gasteiger charge is 2.19. The zero-order valence-electron chi connectivity index (χ0n) is 11.8. The quantitative estimate of drug-likeness (QED) is 0.595. The number of aromatic carboxylic acids is 4. The molecule has 1 aromatic carbocycles. The highest BCUT2D eigenvalue weighted by atomic mass is 16.4. The van der Waals surface area contributed by atoms with Gasteiger partial charge in [-0.1, -0.05) is 0 Å². The SMILES string of the molecule is O=C(O)c1cc(Cn2nc(C(=O)O)cc2C(=O)O)cc(C(=O)O)c1. The third-order valence-corrected chi connectivity index (χ3v) is 3.04. The number of nitrogens with zero attached hydrogens (tertiary/aromatic N) is 2. The molecular formula is C14H10N2O8. The van der Waals surface area contributed by atoms with E-state index in [1.54, 1.807) is 0 Å². The van der Waals surface area contributed by atoms with Crippen LogP contribution < -0.4 is 0 Å². The van der Waals surface area contributed by atoms with Crippen LogP contribution in [-0.4, -0.2) is 54.1 Å². The standard InChI is InChI=1S/C14H10N2O8/c17-11(18)7-1-6(2-8(3-7)12(19)20)5-16-10(14(23)24)4-9(15-16)13(21)22/h1-4H,5H2,(H,17,18)(H,19,20)(H,21,22)(H,23,24). The highest BCUT2D eigenvalue weighted by Crippen LogP contribution is 2.14. The molecule has 0 amide bonds. The highest BCUT2D eigenvalue weighted by molar-refractivity contribution is 5.94. The number of hydrogen-bond acceptors (Lipinski definition) is 5. The fourth-order valence-corrected chi connectivity index (χ4v) is 2.02.